The molecule has 3 rings (SSSR count). The van der Waals surface area contributed by atoms with Gasteiger partial charge in [-0.05, 0) is 42.7 Å². The first-order chi connectivity index (χ1) is 12.7. The number of benzene rings is 2. The van der Waals surface area contributed by atoms with Gasteiger partial charge in [0.25, 0.3) is 5.91 Å². The molecule has 1 fully saturated rings. The number of ether oxygens (including phenoxy) is 1. The second-order valence-corrected chi connectivity index (χ2v) is 6.23. The van der Waals surface area contributed by atoms with Gasteiger partial charge in [-0.3, -0.25) is 4.79 Å². The van der Waals surface area contributed by atoms with Gasteiger partial charge < -0.3 is 20.7 Å². The molecule has 136 valence electrons. The van der Waals surface area contributed by atoms with E-state index in [1.807, 2.05) is 30.3 Å². The summed E-state index contributed by atoms with van der Waals surface area (Å²) in [4.78, 5) is 24.1. The van der Waals surface area contributed by atoms with Crippen LogP contribution < -0.4 is 16.0 Å². The fourth-order valence-electron chi connectivity index (χ4n) is 2.77. The highest BCUT2D eigenvalue weighted by Gasteiger charge is 2.17. The molecule has 2 aromatic rings. The largest absolute Gasteiger partial charge is 0.379 e. The van der Waals surface area contributed by atoms with Crippen LogP contribution in [0, 0.1) is 0 Å². The summed E-state index contributed by atoms with van der Waals surface area (Å²) in [5.41, 5.74) is 2.39. The summed E-state index contributed by atoms with van der Waals surface area (Å²) in [5, 5.41) is 8.52. The van der Waals surface area contributed by atoms with Gasteiger partial charge in [0.2, 0.25) is 0 Å². The topological polar surface area (TPSA) is 79.5 Å². The second kappa shape index (κ2) is 9.01. The van der Waals surface area contributed by atoms with E-state index in [2.05, 4.69) is 16.0 Å². The number of hydrogen-bond acceptors (Lipinski definition) is 3. The Balaban J connectivity index is 1.44. The molecule has 1 saturated heterocycles. The number of anilines is 1. The lowest BCUT2D eigenvalue weighted by Gasteiger charge is -2.12. The van der Waals surface area contributed by atoms with Crippen molar-refractivity contribution in [1.29, 1.82) is 0 Å². The molecule has 0 spiro atoms. The van der Waals surface area contributed by atoms with Crippen LogP contribution in [-0.2, 0) is 11.2 Å². The number of rotatable bonds is 6. The van der Waals surface area contributed by atoms with Gasteiger partial charge in [-0.15, -0.1) is 0 Å². The van der Waals surface area contributed by atoms with E-state index in [0.717, 1.165) is 12.8 Å². The van der Waals surface area contributed by atoms with Crippen molar-refractivity contribution in [3.8, 4) is 0 Å². The average molecular weight is 353 g/mol. The molecule has 6 heteroatoms. The van der Waals surface area contributed by atoms with E-state index in [1.54, 1.807) is 24.3 Å². The molecular weight excluding hydrogens is 330 g/mol. The van der Waals surface area contributed by atoms with Crippen molar-refractivity contribution in [2.75, 3.05) is 25.1 Å². The minimum absolute atomic E-state index is 0.0599. The first-order valence-electron chi connectivity index (χ1n) is 8.78. The minimum Gasteiger partial charge on any atom is -0.379 e. The molecule has 0 aromatic heterocycles. The normalized spacial score (nSPS) is 16.1. The SMILES string of the molecule is O=C(Nc1ccc(C(=O)NCCc2ccccc2)cc1)N[C@H]1CCOC1. The summed E-state index contributed by atoms with van der Waals surface area (Å²) in [6, 6.07) is 16.7. The van der Waals surface area contributed by atoms with Crippen LogP contribution >= 0.6 is 0 Å². The Morgan fingerprint density at radius 1 is 1.04 bits per heavy atom. The molecule has 3 N–H and O–H groups in total. The molecule has 0 unspecified atom stereocenters. The number of hydrogen-bond donors (Lipinski definition) is 3. The zero-order valence-corrected chi connectivity index (χ0v) is 14.5. The minimum atomic E-state index is -0.263. The summed E-state index contributed by atoms with van der Waals surface area (Å²) in [7, 11) is 0. The van der Waals surface area contributed by atoms with Crippen LogP contribution in [0.25, 0.3) is 0 Å². The van der Waals surface area contributed by atoms with Crippen LogP contribution in [0.2, 0.25) is 0 Å². The first kappa shape index (κ1) is 17.9. The van der Waals surface area contributed by atoms with Gasteiger partial charge in [-0.25, -0.2) is 4.79 Å². The highest BCUT2D eigenvalue weighted by Crippen LogP contribution is 2.10. The van der Waals surface area contributed by atoms with Gasteiger partial charge in [0, 0.05) is 24.4 Å². The maximum absolute atomic E-state index is 12.2. The van der Waals surface area contributed by atoms with Gasteiger partial charge in [0.15, 0.2) is 0 Å². The molecule has 1 aliphatic rings. The molecule has 6 nitrogen and oxygen atoms in total. The van der Waals surface area contributed by atoms with Crippen molar-refractivity contribution in [3.05, 3.63) is 65.7 Å². The third kappa shape index (κ3) is 5.32. The van der Waals surface area contributed by atoms with E-state index in [9.17, 15) is 9.59 Å². The van der Waals surface area contributed by atoms with Gasteiger partial charge in [-0.1, -0.05) is 30.3 Å². The Hall–Kier alpha value is -2.86. The van der Waals surface area contributed by atoms with E-state index in [1.165, 1.54) is 5.56 Å². The van der Waals surface area contributed by atoms with Crippen molar-refractivity contribution < 1.29 is 14.3 Å². The third-order valence-corrected chi connectivity index (χ3v) is 4.21. The quantitative estimate of drug-likeness (QED) is 0.747. The molecule has 0 saturated carbocycles. The van der Waals surface area contributed by atoms with Gasteiger partial charge in [0.05, 0.1) is 12.6 Å². The lowest BCUT2D eigenvalue weighted by Crippen LogP contribution is -2.38. The fraction of sp³-hybridized carbons (Fsp3) is 0.300. The predicted octanol–water partition coefficient (Wildman–Crippen LogP) is 2.57. The van der Waals surface area contributed by atoms with E-state index < -0.39 is 0 Å². The van der Waals surface area contributed by atoms with E-state index in [-0.39, 0.29) is 18.0 Å². The standard InChI is InChI=1S/C20H23N3O3/c24-19(21-12-10-15-4-2-1-3-5-15)16-6-8-17(9-7-16)22-20(25)23-18-11-13-26-14-18/h1-9,18H,10-14H2,(H,21,24)(H2,22,23,25)/t18-/m0/s1. The number of nitrogens with one attached hydrogen (secondary N) is 3. The number of carbonyl (C=O) groups excluding carboxylic acids is 2. The lowest BCUT2D eigenvalue weighted by molar-refractivity contribution is 0.0954. The zero-order chi connectivity index (χ0) is 18.2. The lowest BCUT2D eigenvalue weighted by atomic mass is 10.1. The predicted molar refractivity (Wildman–Crippen MR) is 100 cm³/mol. The third-order valence-electron chi connectivity index (χ3n) is 4.21. The summed E-state index contributed by atoms with van der Waals surface area (Å²) < 4.78 is 5.22. The number of amides is 3. The van der Waals surface area contributed by atoms with Crippen molar-refractivity contribution >= 4 is 17.6 Å². The molecule has 26 heavy (non-hydrogen) atoms. The molecule has 0 radical (unpaired) electrons. The molecule has 1 aliphatic heterocycles. The number of urea groups is 1. The Labute approximate surface area is 152 Å². The van der Waals surface area contributed by atoms with Crippen molar-refractivity contribution in [3.63, 3.8) is 0 Å². The van der Waals surface area contributed by atoms with Crippen LogP contribution in [0.4, 0.5) is 10.5 Å². The van der Waals surface area contributed by atoms with Crippen LogP contribution in [0.1, 0.15) is 22.3 Å². The van der Waals surface area contributed by atoms with Gasteiger partial charge >= 0.3 is 6.03 Å². The monoisotopic (exact) mass is 353 g/mol. The van der Waals surface area contributed by atoms with E-state index >= 15 is 0 Å². The summed E-state index contributed by atoms with van der Waals surface area (Å²) in [5.74, 6) is -0.125. The average Bonchev–Trinajstić information content (AvgIpc) is 3.16. The summed E-state index contributed by atoms with van der Waals surface area (Å²) >= 11 is 0. The van der Waals surface area contributed by atoms with Crippen LogP contribution in [-0.4, -0.2) is 37.7 Å². The fourth-order valence-corrected chi connectivity index (χ4v) is 2.77. The molecule has 3 amide bonds. The zero-order valence-electron chi connectivity index (χ0n) is 14.5. The molecule has 0 aliphatic carbocycles. The summed E-state index contributed by atoms with van der Waals surface area (Å²) in [6.45, 7) is 1.81. The van der Waals surface area contributed by atoms with E-state index in [0.29, 0.717) is 31.0 Å². The smallest absolute Gasteiger partial charge is 0.319 e. The molecule has 1 heterocycles. The van der Waals surface area contributed by atoms with Crippen LogP contribution in [0.15, 0.2) is 54.6 Å². The highest BCUT2D eigenvalue weighted by molar-refractivity contribution is 5.95. The molecule has 1 atom stereocenters. The maximum atomic E-state index is 12.2. The molecule has 2 aromatic carbocycles. The van der Waals surface area contributed by atoms with Gasteiger partial charge in [0.1, 0.15) is 0 Å². The second-order valence-electron chi connectivity index (χ2n) is 6.23. The first-order valence-corrected chi connectivity index (χ1v) is 8.78. The molecular formula is C20H23N3O3. The Morgan fingerprint density at radius 3 is 2.50 bits per heavy atom. The van der Waals surface area contributed by atoms with Crippen LogP contribution in [0.5, 0.6) is 0 Å². The van der Waals surface area contributed by atoms with Crippen molar-refractivity contribution in [1.82, 2.24) is 10.6 Å². The summed E-state index contributed by atoms with van der Waals surface area (Å²) in [6.07, 6.45) is 1.62. The van der Waals surface area contributed by atoms with Gasteiger partial charge in [-0.2, -0.15) is 0 Å². The van der Waals surface area contributed by atoms with Crippen LogP contribution in [0.3, 0.4) is 0 Å². The highest BCUT2D eigenvalue weighted by atomic mass is 16.5. The molecule has 0 bridgehead atoms. The van der Waals surface area contributed by atoms with Crippen molar-refractivity contribution in [2.24, 2.45) is 0 Å². The Morgan fingerprint density at radius 2 is 1.81 bits per heavy atom. The Bertz CT molecular complexity index is 726. The maximum Gasteiger partial charge on any atom is 0.319 e. The number of carbonyl (C=O) groups is 2. The Kier molecular flexibility index (Phi) is 6.22. The van der Waals surface area contributed by atoms with Crippen molar-refractivity contribution in [2.45, 2.75) is 18.9 Å². The van der Waals surface area contributed by atoms with E-state index in [4.69, 9.17) is 4.74 Å².